The second kappa shape index (κ2) is 5.03. The molecule has 0 aliphatic heterocycles. The Balaban J connectivity index is 2.41. The third-order valence-electron chi connectivity index (χ3n) is 3.94. The Bertz CT molecular complexity index is 400. The molecule has 2 atom stereocenters. The molecular formula is C15H22N2. The van der Waals surface area contributed by atoms with Crippen LogP contribution in [0.25, 0.3) is 0 Å². The smallest absolute Gasteiger partial charge is 0.0564 e. The van der Waals surface area contributed by atoms with Gasteiger partial charge in [0, 0.05) is 13.1 Å². The first kappa shape index (κ1) is 12.3. The minimum Gasteiger partial charge on any atom is -0.328 e. The van der Waals surface area contributed by atoms with E-state index in [0.29, 0.717) is 12.5 Å². The van der Waals surface area contributed by atoms with Crippen LogP contribution in [0.15, 0.2) is 36.9 Å². The molecule has 2 rings (SSSR count). The van der Waals surface area contributed by atoms with E-state index in [1.54, 1.807) is 0 Å². The van der Waals surface area contributed by atoms with Gasteiger partial charge in [-0.25, -0.2) is 0 Å². The predicted octanol–water partition coefficient (Wildman–Crippen LogP) is 2.51. The summed E-state index contributed by atoms with van der Waals surface area (Å²) in [5, 5.41) is 3.57. The third kappa shape index (κ3) is 2.15. The number of nitrogens with one attached hydrogen (secondary N) is 1. The molecule has 92 valence electrons. The molecule has 1 aliphatic carbocycles. The summed E-state index contributed by atoms with van der Waals surface area (Å²) in [4.78, 5) is 0. The Morgan fingerprint density at radius 2 is 2.29 bits per heavy atom. The SMILES string of the molecule is C=CCNC1(CN)CCC(C)c2ccccc21. The molecular weight excluding hydrogens is 208 g/mol. The molecule has 1 aliphatic rings. The monoisotopic (exact) mass is 230 g/mol. The van der Waals surface area contributed by atoms with E-state index in [2.05, 4.69) is 43.1 Å². The maximum atomic E-state index is 6.04. The summed E-state index contributed by atoms with van der Waals surface area (Å²) in [6.07, 6.45) is 4.20. The minimum absolute atomic E-state index is 0.0582. The second-order valence-corrected chi connectivity index (χ2v) is 4.98. The summed E-state index contributed by atoms with van der Waals surface area (Å²) >= 11 is 0. The zero-order valence-electron chi connectivity index (χ0n) is 10.6. The Hall–Kier alpha value is -1.12. The second-order valence-electron chi connectivity index (χ2n) is 4.98. The van der Waals surface area contributed by atoms with Crippen LogP contribution < -0.4 is 11.1 Å². The van der Waals surface area contributed by atoms with Gasteiger partial charge in [0.1, 0.15) is 0 Å². The van der Waals surface area contributed by atoms with Gasteiger partial charge in [0.05, 0.1) is 5.54 Å². The third-order valence-corrected chi connectivity index (χ3v) is 3.94. The minimum atomic E-state index is -0.0582. The zero-order valence-corrected chi connectivity index (χ0v) is 10.6. The van der Waals surface area contributed by atoms with Gasteiger partial charge < -0.3 is 11.1 Å². The average Bonchev–Trinajstić information content (AvgIpc) is 2.39. The van der Waals surface area contributed by atoms with Crippen molar-refractivity contribution in [1.29, 1.82) is 0 Å². The lowest BCUT2D eigenvalue weighted by Gasteiger charge is -2.41. The number of hydrogen-bond acceptors (Lipinski definition) is 2. The van der Waals surface area contributed by atoms with E-state index in [0.717, 1.165) is 13.0 Å². The predicted molar refractivity (Wildman–Crippen MR) is 73.0 cm³/mol. The van der Waals surface area contributed by atoms with Crippen molar-refractivity contribution < 1.29 is 0 Å². The highest BCUT2D eigenvalue weighted by Gasteiger charge is 2.36. The molecule has 17 heavy (non-hydrogen) atoms. The van der Waals surface area contributed by atoms with Crippen LogP contribution in [0.5, 0.6) is 0 Å². The van der Waals surface area contributed by atoms with Gasteiger partial charge in [0.2, 0.25) is 0 Å². The summed E-state index contributed by atoms with van der Waals surface area (Å²) in [5.74, 6) is 0.636. The van der Waals surface area contributed by atoms with Gasteiger partial charge in [-0.3, -0.25) is 0 Å². The summed E-state index contributed by atoms with van der Waals surface area (Å²) in [6, 6.07) is 8.68. The molecule has 3 N–H and O–H groups in total. The van der Waals surface area contributed by atoms with Crippen LogP contribution in [0.4, 0.5) is 0 Å². The van der Waals surface area contributed by atoms with Gasteiger partial charge in [-0.2, -0.15) is 0 Å². The number of benzene rings is 1. The van der Waals surface area contributed by atoms with Gasteiger partial charge in [-0.1, -0.05) is 37.3 Å². The maximum absolute atomic E-state index is 6.04. The number of nitrogens with two attached hydrogens (primary N) is 1. The van der Waals surface area contributed by atoms with Crippen molar-refractivity contribution in [2.75, 3.05) is 13.1 Å². The molecule has 0 saturated heterocycles. The van der Waals surface area contributed by atoms with Crippen LogP contribution in [0.3, 0.4) is 0 Å². The fourth-order valence-corrected chi connectivity index (χ4v) is 2.85. The fraction of sp³-hybridized carbons (Fsp3) is 0.467. The maximum Gasteiger partial charge on any atom is 0.0564 e. The standard InChI is InChI=1S/C15H22N2/c1-3-10-17-15(11-16)9-8-12(2)13-6-4-5-7-14(13)15/h3-7,12,17H,1,8-11,16H2,2H3. The summed E-state index contributed by atoms with van der Waals surface area (Å²) < 4.78 is 0. The highest BCUT2D eigenvalue weighted by molar-refractivity contribution is 5.39. The fourth-order valence-electron chi connectivity index (χ4n) is 2.85. The quantitative estimate of drug-likeness (QED) is 0.780. The van der Waals surface area contributed by atoms with E-state index < -0.39 is 0 Å². The van der Waals surface area contributed by atoms with Crippen molar-refractivity contribution in [2.45, 2.75) is 31.2 Å². The average molecular weight is 230 g/mol. The van der Waals surface area contributed by atoms with Gasteiger partial charge in [-0.15, -0.1) is 6.58 Å². The van der Waals surface area contributed by atoms with Gasteiger partial charge in [-0.05, 0) is 29.9 Å². The molecule has 1 aromatic rings. The van der Waals surface area contributed by atoms with E-state index in [1.165, 1.54) is 17.5 Å². The van der Waals surface area contributed by atoms with Crippen LogP contribution in [-0.4, -0.2) is 13.1 Å². The lowest BCUT2D eigenvalue weighted by atomic mass is 9.72. The van der Waals surface area contributed by atoms with Crippen molar-refractivity contribution in [3.05, 3.63) is 48.0 Å². The number of fused-ring (bicyclic) bond motifs is 1. The Morgan fingerprint density at radius 1 is 1.53 bits per heavy atom. The van der Waals surface area contributed by atoms with Crippen molar-refractivity contribution >= 4 is 0 Å². The highest BCUT2D eigenvalue weighted by Crippen LogP contribution is 2.40. The topological polar surface area (TPSA) is 38.0 Å². The summed E-state index contributed by atoms with van der Waals surface area (Å²) in [6.45, 7) is 7.53. The lowest BCUT2D eigenvalue weighted by Crippen LogP contribution is -2.50. The van der Waals surface area contributed by atoms with Crippen molar-refractivity contribution in [3.63, 3.8) is 0 Å². The van der Waals surface area contributed by atoms with Crippen molar-refractivity contribution in [2.24, 2.45) is 5.73 Å². The lowest BCUT2D eigenvalue weighted by molar-refractivity contribution is 0.291. The largest absolute Gasteiger partial charge is 0.328 e. The molecule has 1 aromatic carbocycles. The molecule has 2 nitrogen and oxygen atoms in total. The first-order chi connectivity index (χ1) is 8.23. The normalized spacial score (nSPS) is 27.5. The van der Waals surface area contributed by atoms with Crippen molar-refractivity contribution in [1.82, 2.24) is 5.32 Å². The highest BCUT2D eigenvalue weighted by atomic mass is 15.0. The molecule has 0 radical (unpaired) electrons. The van der Waals surface area contributed by atoms with E-state index in [-0.39, 0.29) is 5.54 Å². The Labute approximate surface area is 104 Å². The first-order valence-corrected chi connectivity index (χ1v) is 6.39. The van der Waals surface area contributed by atoms with Crippen LogP contribution >= 0.6 is 0 Å². The van der Waals surface area contributed by atoms with Crippen molar-refractivity contribution in [3.8, 4) is 0 Å². The van der Waals surface area contributed by atoms with Gasteiger partial charge in [0.15, 0.2) is 0 Å². The molecule has 0 bridgehead atoms. The van der Waals surface area contributed by atoms with Crippen LogP contribution in [0.1, 0.15) is 36.8 Å². The Morgan fingerprint density at radius 3 is 3.00 bits per heavy atom. The van der Waals surface area contributed by atoms with E-state index in [9.17, 15) is 0 Å². The molecule has 0 heterocycles. The van der Waals surface area contributed by atoms with Gasteiger partial charge >= 0.3 is 0 Å². The first-order valence-electron chi connectivity index (χ1n) is 6.39. The van der Waals surface area contributed by atoms with E-state index in [4.69, 9.17) is 5.73 Å². The van der Waals surface area contributed by atoms with Crippen LogP contribution in [0, 0.1) is 0 Å². The van der Waals surface area contributed by atoms with E-state index >= 15 is 0 Å². The molecule has 0 aromatic heterocycles. The van der Waals surface area contributed by atoms with Gasteiger partial charge in [0.25, 0.3) is 0 Å². The molecule has 2 heteroatoms. The number of hydrogen-bond donors (Lipinski definition) is 2. The molecule has 0 fully saturated rings. The molecule has 0 amide bonds. The Kier molecular flexibility index (Phi) is 3.65. The molecule has 0 saturated carbocycles. The van der Waals surface area contributed by atoms with Crippen LogP contribution in [-0.2, 0) is 5.54 Å². The molecule has 2 unspecified atom stereocenters. The summed E-state index contributed by atoms with van der Waals surface area (Å²) in [7, 11) is 0. The zero-order chi connectivity index (χ0) is 12.3. The van der Waals surface area contributed by atoms with E-state index in [1.807, 2.05) is 6.08 Å². The summed E-state index contributed by atoms with van der Waals surface area (Å²) in [5.41, 5.74) is 8.81. The number of rotatable bonds is 4. The van der Waals surface area contributed by atoms with Crippen LogP contribution in [0.2, 0.25) is 0 Å². The molecule has 0 spiro atoms.